The second kappa shape index (κ2) is 6.49. The van der Waals surface area contributed by atoms with E-state index in [1.165, 1.54) is 38.5 Å². The van der Waals surface area contributed by atoms with Crippen molar-refractivity contribution in [1.29, 1.82) is 0 Å². The third-order valence-corrected chi connectivity index (χ3v) is 2.41. The van der Waals surface area contributed by atoms with Crippen LogP contribution in [0.5, 0.6) is 0 Å². The lowest BCUT2D eigenvalue weighted by molar-refractivity contribution is -0.140. The van der Waals surface area contributed by atoms with Crippen molar-refractivity contribution in [3.05, 3.63) is 24.3 Å². The van der Waals surface area contributed by atoms with E-state index in [1.54, 1.807) is 13.8 Å². The predicted molar refractivity (Wildman–Crippen MR) is 66.1 cm³/mol. The lowest BCUT2D eigenvalue weighted by Crippen LogP contribution is -2.21. The molecular formula is C13H18O6. The Bertz CT molecular complexity index is 360. The van der Waals surface area contributed by atoms with Gasteiger partial charge < -0.3 is 18.9 Å². The Morgan fingerprint density at radius 3 is 1.63 bits per heavy atom. The van der Waals surface area contributed by atoms with E-state index in [0.29, 0.717) is 0 Å². The molecule has 6 heteroatoms. The number of esters is 2. The molecule has 0 spiro atoms. The summed E-state index contributed by atoms with van der Waals surface area (Å²) >= 11 is 0. The van der Waals surface area contributed by atoms with Crippen LogP contribution in [0.3, 0.4) is 0 Å². The van der Waals surface area contributed by atoms with E-state index >= 15 is 0 Å². The van der Waals surface area contributed by atoms with Crippen LogP contribution in [0.15, 0.2) is 24.3 Å². The number of carbonyl (C=O) groups is 2. The van der Waals surface area contributed by atoms with Crippen LogP contribution in [0.25, 0.3) is 0 Å². The first kappa shape index (κ1) is 15.4. The van der Waals surface area contributed by atoms with Crippen molar-refractivity contribution in [2.45, 2.75) is 31.8 Å². The topological polar surface area (TPSA) is 71.1 Å². The van der Waals surface area contributed by atoms with E-state index in [0.717, 1.165) is 0 Å². The van der Waals surface area contributed by atoms with E-state index in [4.69, 9.17) is 9.47 Å². The molecule has 0 amide bonds. The molecule has 0 N–H and O–H groups in total. The molecule has 1 aliphatic rings. The van der Waals surface area contributed by atoms with Gasteiger partial charge in [-0.1, -0.05) is 0 Å². The second-order valence-electron chi connectivity index (χ2n) is 4.33. The van der Waals surface area contributed by atoms with Crippen molar-refractivity contribution in [1.82, 2.24) is 0 Å². The molecule has 1 fully saturated rings. The number of rotatable bonds is 4. The standard InChI is InChI=1S/C13H18O6/c1-13(2)18-9(5-7-11(14)16-3)10(19-13)6-8-12(15)17-4/h5-10H,1-4H3/t9-,10-/m1/s1. The zero-order valence-electron chi connectivity index (χ0n) is 11.4. The van der Waals surface area contributed by atoms with Crippen LogP contribution in [-0.4, -0.2) is 44.2 Å². The minimum absolute atomic E-state index is 0.477. The molecule has 0 unspecified atom stereocenters. The number of carbonyl (C=O) groups excluding carboxylic acids is 2. The van der Waals surface area contributed by atoms with Crippen molar-refractivity contribution >= 4 is 11.9 Å². The quantitative estimate of drug-likeness (QED) is 0.560. The molecule has 6 nitrogen and oxygen atoms in total. The molecule has 106 valence electrons. The van der Waals surface area contributed by atoms with Crippen LogP contribution in [0.1, 0.15) is 13.8 Å². The molecule has 0 aromatic rings. The van der Waals surface area contributed by atoms with E-state index in [9.17, 15) is 9.59 Å². The zero-order valence-corrected chi connectivity index (χ0v) is 11.4. The first-order valence-corrected chi connectivity index (χ1v) is 5.76. The maximum Gasteiger partial charge on any atom is 0.330 e. The molecule has 0 bridgehead atoms. The summed E-state index contributed by atoms with van der Waals surface area (Å²) < 4.78 is 20.2. The van der Waals surface area contributed by atoms with Crippen LogP contribution >= 0.6 is 0 Å². The summed E-state index contributed by atoms with van der Waals surface area (Å²) in [5.41, 5.74) is 0. The average molecular weight is 270 g/mol. The van der Waals surface area contributed by atoms with Crippen molar-refractivity contribution in [2.24, 2.45) is 0 Å². The minimum Gasteiger partial charge on any atom is -0.466 e. The number of hydrogen-bond donors (Lipinski definition) is 0. The SMILES string of the molecule is COC(=O)C=C[C@H]1OC(C)(C)O[C@@H]1C=CC(=O)OC. The van der Waals surface area contributed by atoms with Crippen molar-refractivity contribution in [2.75, 3.05) is 14.2 Å². The monoisotopic (exact) mass is 270 g/mol. The summed E-state index contributed by atoms with van der Waals surface area (Å²) in [6, 6.07) is 0. The Balaban J connectivity index is 2.75. The third kappa shape index (κ3) is 4.84. The van der Waals surface area contributed by atoms with Gasteiger partial charge in [0.15, 0.2) is 5.79 Å². The Morgan fingerprint density at radius 2 is 1.32 bits per heavy atom. The van der Waals surface area contributed by atoms with Gasteiger partial charge >= 0.3 is 11.9 Å². The van der Waals surface area contributed by atoms with Crippen LogP contribution in [0.4, 0.5) is 0 Å². The fraction of sp³-hybridized carbons (Fsp3) is 0.538. The zero-order chi connectivity index (χ0) is 14.5. The maximum absolute atomic E-state index is 11.1. The summed E-state index contributed by atoms with van der Waals surface area (Å²) in [5.74, 6) is -1.76. The smallest absolute Gasteiger partial charge is 0.330 e. The summed E-state index contributed by atoms with van der Waals surface area (Å²) in [4.78, 5) is 22.1. The lowest BCUT2D eigenvalue weighted by atomic mass is 10.2. The molecule has 0 radical (unpaired) electrons. The van der Waals surface area contributed by atoms with Crippen molar-refractivity contribution in [3.8, 4) is 0 Å². The molecular weight excluding hydrogens is 252 g/mol. The van der Waals surface area contributed by atoms with Crippen LogP contribution < -0.4 is 0 Å². The third-order valence-electron chi connectivity index (χ3n) is 2.41. The van der Waals surface area contributed by atoms with Gasteiger partial charge in [0, 0.05) is 12.2 Å². The molecule has 2 atom stereocenters. The van der Waals surface area contributed by atoms with Gasteiger partial charge in [0.25, 0.3) is 0 Å². The van der Waals surface area contributed by atoms with E-state index < -0.39 is 29.9 Å². The van der Waals surface area contributed by atoms with Gasteiger partial charge in [-0.25, -0.2) is 9.59 Å². The van der Waals surface area contributed by atoms with Crippen LogP contribution in [-0.2, 0) is 28.5 Å². The van der Waals surface area contributed by atoms with Crippen molar-refractivity contribution < 1.29 is 28.5 Å². The first-order valence-electron chi connectivity index (χ1n) is 5.76. The van der Waals surface area contributed by atoms with Gasteiger partial charge in [0.1, 0.15) is 12.2 Å². The highest BCUT2D eigenvalue weighted by Crippen LogP contribution is 2.29. The van der Waals surface area contributed by atoms with Gasteiger partial charge in [-0.3, -0.25) is 0 Å². The highest BCUT2D eigenvalue weighted by molar-refractivity contribution is 5.82. The van der Waals surface area contributed by atoms with Gasteiger partial charge in [-0.2, -0.15) is 0 Å². The van der Waals surface area contributed by atoms with Gasteiger partial charge in [-0.05, 0) is 26.0 Å². The number of hydrogen-bond acceptors (Lipinski definition) is 6. The molecule has 1 heterocycles. The maximum atomic E-state index is 11.1. The molecule has 19 heavy (non-hydrogen) atoms. The molecule has 0 aromatic heterocycles. The Morgan fingerprint density at radius 1 is 0.947 bits per heavy atom. The fourth-order valence-corrected chi connectivity index (χ4v) is 1.60. The Hall–Kier alpha value is -1.66. The van der Waals surface area contributed by atoms with Gasteiger partial charge in [-0.15, -0.1) is 0 Å². The first-order chi connectivity index (χ1) is 8.88. The molecule has 1 saturated heterocycles. The largest absolute Gasteiger partial charge is 0.466 e. The van der Waals surface area contributed by atoms with Gasteiger partial charge in [0.2, 0.25) is 0 Å². The molecule has 1 rings (SSSR count). The lowest BCUT2D eigenvalue weighted by Gasteiger charge is -2.15. The fourth-order valence-electron chi connectivity index (χ4n) is 1.60. The van der Waals surface area contributed by atoms with E-state index in [1.807, 2.05) is 0 Å². The average Bonchev–Trinajstić information content (AvgIpc) is 2.67. The van der Waals surface area contributed by atoms with Gasteiger partial charge in [0.05, 0.1) is 14.2 Å². The summed E-state index contributed by atoms with van der Waals surface area (Å²) in [6.45, 7) is 3.50. The normalized spacial score (nSPS) is 25.9. The van der Waals surface area contributed by atoms with Crippen LogP contribution in [0.2, 0.25) is 0 Å². The number of ether oxygens (including phenoxy) is 4. The highest BCUT2D eigenvalue weighted by atomic mass is 16.7. The van der Waals surface area contributed by atoms with Crippen molar-refractivity contribution in [3.63, 3.8) is 0 Å². The van der Waals surface area contributed by atoms with E-state index in [2.05, 4.69) is 9.47 Å². The van der Waals surface area contributed by atoms with E-state index in [-0.39, 0.29) is 0 Å². The minimum atomic E-state index is -0.795. The number of methoxy groups -OCH3 is 2. The predicted octanol–water partition coefficient (Wildman–Crippen LogP) is 0.965. The Kier molecular flexibility index (Phi) is 5.26. The Labute approximate surface area is 112 Å². The highest BCUT2D eigenvalue weighted by Gasteiger charge is 2.38. The molecule has 1 aliphatic heterocycles. The summed E-state index contributed by atoms with van der Waals surface area (Å²) in [6.07, 6.45) is 4.63. The van der Waals surface area contributed by atoms with Crippen LogP contribution in [0, 0.1) is 0 Å². The summed E-state index contributed by atoms with van der Waals surface area (Å²) in [7, 11) is 2.58. The molecule has 0 saturated carbocycles. The summed E-state index contributed by atoms with van der Waals surface area (Å²) in [5, 5.41) is 0. The second-order valence-corrected chi connectivity index (χ2v) is 4.33. The molecule has 0 aromatic carbocycles. The molecule has 0 aliphatic carbocycles.